The molecular formula is C16H18BrNO3. The Morgan fingerprint density at radius 3 is 2.81 bits per heavy atom. The Morgan fingerprint density at radius 2 is 2.10 bits per heavy atom. The molecule has 2 aromatic rings. The molecule has 1 atom stereocenters. The van der Waals surface area contributed by atoms with Gasteiger partial charge >= 0.3 is 0 Å². The van der Waals surface area contributed by atoms with Crippen LogP contribution in [0.25, 0.3) is 11.3 Å². The van der Waals surface area contributed by atoms with Crippen molar-refractivity contribution < 1.29 is 14.3 Å². The fourth-order valence-corrected chi connectivity index (χ4v) is 2.43. The number of amides is 1. The van der Waals surface area contributed by atoms with Gasteiger partial charge in [0.05, 0.1) is 6.61 Å². The van der Waals surface area contributed by atoms with Crippen molar-refractivity contribution in [2.75, 3.05) is 6.61 Å². The van der Waals surface area contributed by atoms with Crippen LogP contribution in [0.2, 0.25) is 0 Å². The molecule has 1 amide bonds. The smallest absolute Gasteiger partial charge is 0.220 e. The average molecular weight is 352 g/mol. The summed E-state index contributed by atoms with van der Waals surface area (Å²) in [6, 6.07) is 11.4. The Bertz CT molecular complexity index is 609. The summed E-state index contributed by atoms with van der Waals surface area (Å²) >= 11 is 3.49. The van der Waals surface area contributed by atoms with Gasteiger partial charge in [0.1, 0.15) is 11.5 Å². The van der Waals surface area contributed by atoms with Crippen molar-refractivity contribution in [3.8, 4) is 11.3 Å². The van der Waals surface area contributed by atoms with Gasteiger partial charge in [-0.1, -0.05) is 34.1 Å². The third-order valence-electron chi connectivity index (χ3n) is 3.08. The number of aliphatic hydroxyl groups is 1. The number of carbonyl (C=O) groups is 1. The fraction of sp³-hybridized carbons (Fsp3) is 0.312. The van der Waals surface area contributed by atoms with Crippen molar-refractivity contribution in [1.29, 1.82) is 0 Å². The van der Waals surface area contributed by atoms with E-state index in [0.29, 0.717) is 12.8 Å². The number of hydrogen-bond acceptors (Lipinski definition) is 3. The van der Waals surface area contributed by atoms with Crippen LogP contribution in [0, 0.1) is 0 Å². The Labute approximate surface area is 132 Å². The summed E-state index contributed by atoms with van der Waals surface area (Å²) in [6.07, 6.45) is 0.877. The minimum absolute atomic E-state index is 0.0569. The van der Waals surface area contributed by atoms with Gasteiger partial charge in [0.25, 0.3) is 0 Å². The van der Waals surface area contributed by atoms with E-state index in [1.54, 1.807) is 6.92 Å². The highest BCUT2D eigenvalue weighted by molar-refractivity contribution is 9.10. The van der Waals surface area contributed by atoms with Gasteiger partial charge < -0.3 is 14.8 Å². The van der Waals surface area contributed by atoms with Crippen molar-refractivity contribution in [2.45, 2.75) is 25.8 Å². The molecule has 0 radical (unpaired) electrons. The second kappa shape index (κ2) is 7.43. The van der Waals surface area contributed by atoms with Crippen molar-refractivity contribution in [3.63, 3.8) is 0 Å². The lowest BCUT2D eigenvalue weighted by molar-refractivity contribution is -0.122. The summed E-state index contributed by atoms with van der Waals surface area (Å²) < 4.78 is 6.75. The second-order valence-corrected chi connectivity index (χ2v) is 5.75. The minimum Gasteiger partial charge on any atom is -0.461 e. The maximum Gasteiger partial charge on any atom is 0.220 e. The predicted molar refractivity (Wildman–Crippen MR) is 84.9 cm³/mol. The molecule has 2 N–H and O–H groups in total. The molecule has 112 valence electrons. The molecule has 0 saturated carbocycles. The van der Waals surface area contributed by atoms with E-state index in [0.717, 1.165) is 21.6 Å². The van der Waals surface area contributed by atoms with E-state index >= 15 is 0 Å². The molecule has 0 saturated heterocycles. The fourth-order valence-electron chi connectivity index (χ4n) is 1.95. The standard InChI is InChI=1S/C16H18BrNO3/c1-11(10-19)18-16(20)9-7-12-6-8-15(21-12)13-4-2-3-5-14(13)17/h2-6,8,11,19H,7,9-10H2,1H3,(H,18,20)/t11-/m0/s1. The van der Waals surface area contributed by atoms with Crippen LogP contribution in [0.1, 0.15) is 19.1 Å². The van der Waals surface area contributed by atoms with Gasteiger partial charge in [-0.25, -0.2) is 0 Å². The van der Waals surface area contributed by atoms with Crippen LogP contribution < -0.4 is 5.32 Å². The first-order valence-electron chi connectivity index (χ1n) is 6.84. The van der Waals surface area contributed by atoms with Crippen LogP contribution in [0.4, 0.5) is 0 Å². The maximum absolute atomic E-state index is 11.6. The second-order valence-electron chi connectivity index (χ2n) is 4.90. The summed E-state index contributed by atoms with van der Waals surface area (Å²) in [6.45, 7) is 1.70. The molecule has 4 nitrogen and oxygen atoms in total. The first-order chi connectivity index (χ1) is 10.1. The van der Waals surface area contributed by atoms with Gasteiger partial charge in [-0.05, 0) is 25.1 Å². The first-order valence-corrected chi connectivity index (χ1v) is 7.63. The zero-order chi connectivity index (χ0) is 15.2. The molecule has 1 aromatic carbocycles. The van der Waals surface area contributed by atoms with Crippen LogP contribution in [0.3, 0.4) is 0 Å². The lowest BCUT2D eigenvalue weighted by Gasteiger charge is -2.09. The van der Waals surface area contributed by atoms with Gasteiger partial charge in [0.2, 0.25) is 5.91 Å². The summed E-state index contributed by atoms with van der Waals surface area (Å²) in [5, 5.41) is 11.6. The average Bonchev–Trinajstić information content (AvgIpc) is 2.94. The van der Waals surface area contributed by atoms with Gasteiger partial charge in [-0.2, -0.15) is 0 Å². The molecular weight excluding hydrogens is 334 g/mol. The monoisotopic (exact) mass is 351 g/mol. The molecule has 0 spiro atoms. The van der Waals surface area contributed by atoms with Crippen molar-refractivity contribution in [1.82, 2.24) is 5.32 Å². The Morgan fingerprint density at radius 1 is 1.33 bits per heavy atom. The lowest BCUT2D eigenvalue weighted by atomic mass is 10.2. The first kappa shape index (κ1) is 15.8. The molecule has 1 aromatic heterocycles. The summed E-state index contributed by atoms with van der Waals surface area (Å²) in [5.41, 5.74) is 0.988. The number of hydrogen-bond donors (Lipinski definition) is 2. The Hall–Kier alpha value is -1.59. The summed E-state index contributed by atoms with van der Waals surface area (Å²) in [7, 11) is 0. The van der Waals surface area contributed by atoms with E-state index in [4.69, 9.17) is 9.52 Å². The van der Waals surface area contributed by atoms with Crippen molar-refractivity contribution in [2.24, 2.45) is 0 Å². The van der Waals surface area contributed by atoms with E-state index in [2.05, 4.69) is 21.2 Å². The molecule has 1 heterocycles. The van der Waals surface area contributed by atoms with Crippen LogP contribution in [-0.4, -0.2) is 23.7 Å². The number of nitrogens with one attached hydrogen (secondary N) is 1. The van der Waals surface area contributed by atoms with Crippen LogP contribution in [0.15, 0.2) is 45.3 Å². The summed E-state index contributed by atoms with van der Waals surface area (Å²) in [4.78, 5) is 11.6. The number of rotatable bonds is 6. The predicted octanol–water partition coefficient (Wildman–Crippen LogP) is 3.14. The van der Waals surface area contributed by atoms with E-state index in [1.165, 1.54) is 0 Å². The van der Waals surface area contributed by atoms with Crippen molar-refractivity contribution >= 4 is 21.8 Å². The highest BCUT2D eigenvalue weighted by atomic mass is 79.9. The number of benzene rings is 1. The third-order valence-corrected chi connectivity index (χ3v) is 3.77. The number of aryl methyl sites for hydroxylation is 1. The number of furan rings is 1. The topological polar surface area (TPSA) is 62.5 Å². The van der Waals surface area contributed by atoms with Crippen LogP contribution in [-0.2, 0) is 11.2 Å². The normalized spacial score (nSPS) is 12.1. The summed E-state index contributed by atoms with van der Waals surface area (Å²) in [5.74, 6) is 1.46. The molecule has 0 aliphatic heterocycles. The molecule has 2 rings (SSSR count). The minimum atomic E-state index is -0.218. The van der Waals surface area contributed by atoms with Gasteiger partial charge in [0, 0.05) is 28.9 Å². The molecule has 0 unspecified atom stereocenters. The van der Waals surface area contributed by atoms with Crippen LogP contribution in [0.5, 0.6) is 0 Å². The highest BCUT2D eigenvalue weighted by Crippen LogP contribution is 2.29. The quantitative estimate of drug-likeness (QED) is 0.840. The maximum atomic E-state index is 11.6. The van der Waals surface area contributed by atoms with Crippen LogP contribution >= 0.6 is 15.9 Å². The van der Waals surface area contributed by atoms with Gasteiger partial charge in [0.15, 0.2) is 0 Å². The zero-order valence-corrected chi connectivity index (χ0v) is 13.4. The molecule has 0 aliphatic carbocycles. The molecule has 5 heteroatoms. The Balaban J connectivity index is 1.95. The van der Waals surface area contributed by atoms with Gasteiger partial charge in [-0.3, -0.25) is 4.79 Å². The van der Waals surface area contributed by atoms with E-state index in [-0.39, 0.29) is 18.6 Å². The SMILES string of the molecule is C[C@@H](CO)NC(=O)CCc1ccc(-c2ccccc2Br)o1. The number of halogens is 1. The van der Waals surface area contributed by atoms with E-state index in [9.17, 15) is 4.79 Å². The van der Waals surface area contributed by atoms with Crippen molar-refractivity contribution in [3.05, 3.63) is 46.6 Å². The zero-order valence-electron chi connectivity index (χ0n) is 11.8. The highest BCUT2D eigenvalue weighted by Gasteiger charge is 2.10. The third kappa shape index (κ3) is 4.44. The molecule has 0 fully saturated rings. The molecule has 0 bridgehead atoms. The largest absolute Gasteiger partial charge is 0.461 e. The number of aliphatic hydroxyl groups excluding tert-OH is 1. The molecule has 0 aliphatic rings. The lowest BCUT2D eigenvalue weighted by Crippen LogP contribution is -2.35. The van der Waals surface area contributed by atoms with E-state index < -0.39 is 0 Å². The van der Waals surface area contributed by atoms with E-state index in [1.807, 2.05) is 36.4 Å². The number of carbonyl (C=O) groups excluding carboxylic acids is 1. The van der Waals surface area contributed by atoms with Gasteiger partial charge in [-0.15, -0.1) is 0 Å². The molecule has 21 heavy (non-hydrogen) atoms. The Kier molecular flexibility index (Phi) is 5.59.